The van der Waals surface area contributed by atoms with Gasteiger partial charge in [0.05, 0.1) is 16.3 Å². The van der Waals surface area contributed by atoms with E-state index < -0.39 is 0 Å². The van der Waals surface area contributed by atoms with Crippen molar-refractivity contribution in [3.63, 3.8) is 0 Å². The van der Waals surface area contributed by atoms with Crippen LogP contribution in [0, 0.1) is 0 Å². The minimum absolute atomic E-state index is 0. The molecule has 3 rings (SSSR count). The Morgan fingerprint density at radius 3 is 2.75 bits per heavy atom. The number of thiazole rings is 1. The Hall–Kier alpha value is -0.840. The van der Waals surface area contributed by atoms with Gasteiger partial charge < -0.3 is 10.4 Å². The molecule has 5 heteroatoms. The van der Waals surface area contributed by atoms with E-state index in [-0.39, 0.29) is 18.5 Å². The molecule has 16 heavy (non-hydrogen) atoms. The van der Waals surface area contributed by atoms with Crippen LogP contribution in [-0.4, -0.2) is 22.2 Å². The largest absolute Gasteiger partial charge is 0.393 e. The SMILES string of the molecule is Cl.OC1CC(Nc2nc3ccccc3s2)C1. The molecule has 0 bridgehead atoms. The van der Waals surface area contributed by atoms with Crippen molar-refractivity contribution in [1.29, 1.82) is 0 Å². The fraction of sp³-hybridized carbons (Fsp3) is 0.364. The van der Waals surface area contributed by atoms with Crippen molar-refractivity contribution < 1.29 is 5.11 Å². The zero-order valence-electron chi connectivity index (χ0n) is 8.59. The summed E-state index contributed by atoms with van der Waals surface area (Å²) < 4.78 is 1.21. The van der Waals surface area contributed by atoms with Crippen LogP contribution in [0.3, 0.4) is 0 Å². The summed E-state index contributed by atoms with van der Waals surface area (Å²) in [5, 5.41) is 13.5. The number of benzene rings is 1. The number of nitrogens with one attached hydrogen (secondary N) is 1. The molecule has 1 fully saturated rings. The molecule has 0 atom stereocenters. The van der Waals surface area contributed by atoms with Crippen LogP contribution in [-0.2, 0) is 0 Å². The van der Waals surface area contributed by atoms with Crippen LogP contribution < -0.4 is 5.32 Å². The zero-order chi connectivity index (χ0) is 10.3. The van der Waals surface area contributed by atoms with Gasteiger partial charge in [0.15, 0.2) is 5.13 Å². The predicted octanol–water partition coefficient (Wildman–Crippen LogP) is 2.65. The lowest BCUT2D eigenvalue weighted by Gasteiger charge is -2.31. The van der Waals surface area contributed by atoms with Crippen molar-refractivity contribution >= 4 is 39.1 Å². The molecule has 3 nitrogen and oxygen atoms in total. The number of anilines is 1. The summed E-state index contributed by atoms with van der Waals surface area (Å²) in [6, 6.07) is 8.53. The smallest absolute Gasteiger partial charge is 0.184 e. The Bertz CT molecular complexity index is 449. The molecule has 1 saturated carbocycles. The van der Waals surface area contributed by atoms with E-state index in [0.29, 0.717) is 6.04 Å². The Morgan fingerprint density at radius 2 is 2.06 bits per heavy atom. The molecule has 1 heterocycles. The van der Waals surface area contributed by atoms with E-state index in [1.807, 2.05) is 18.2 Å². The van der Waals surface area contributed by atoms with Crippen LogP contribution >= 0.6 is 23.7 Å². The molecule has 0 aliphatic heterocycles. The molecule has 0 spiro atoms. The Labute approximate surface area is 104 Å². The highest BCUT2D eigenvalue weighted by Gasteiger charge is 2.27. The van der Waals surface area contributed by atoms with E-state index in [0.717, 1.165) is 23.5 Å². The lowest BCUT2D eigenvalue weighted by molar-refractivity contribution is 0.0836. The Kier molecular flexibility index (Phi) is 3.33. The van der Waals surface area contributed by atoms with Gasteiger partial charge in [0.2, 0.25) is 0 Å². The number of rotatable bonds is 2. The molecule has 1 aliphatic carbocycles. The number of hydrogen-bond donors (Lipinski definition) is 2. The number of fused-ring (bicyclic) bond motifs is 1. The highest BCUT2D eigenvalue weighted by atomic mass is 35.5. The molecule has 1 aliphatic rings. The lowest BCUT2D eigenvalue weighted by Crippen LogP contribution is -2.38. The van der Waals surface area contributed by atoms with Crippen LogP contribution in [0.2, 0.25) is 0 Å². The summed E-state index contributed by atoms with van der Waals surface area (Å²) >= 11 is 1.67. The minimum Gasteiger partial charge on any atom is -0.393 e. The molecule has 2 N–H and O–H groups in total. The van der Waals surface area contributed by atoms with Crippen LogP contribution in [0.1, 0.15) is 12.8 Å². The van der Waals surface area contributed by atoms with Gasteiger partial charge in [-0.1, -0.05) is 23.5 Å². The maximum absolute atomic E-state index is 9.18. The van der Waals surface area contributed by atoms with Gasteiger partial charge in [0.1, 0.15) is 0 Å². The first-order valence-electron chi connectivity index (χ1n) is 5.11. The van der Waals surface area contributed by atoms with E-state index in [1.165, 1.54) is 4.70 Å². The van der Waals surface area contributed by atoms with Crippen molar-refractivity contribution in [2.45, 2.75) is 25.0 Å². The Balaban J connectivity index is 0.000000963. The number of halogens is 1. The molecule has 1 aromatic heterocycles. The fourth-order valence-electron chi connectivity index (χ4n) is 1.81. The van der Waals surface area contributed by atoms with E-state index in [1.54, 1.807) is 11.3 Å². The van der Waals surface area contributed by atoms with Gasteiger partial charge in [0, 0.05) is 6.04 Å². The number of aliphatic hydroxyl groups excluding tert-OH is 1. The maximum atomic E-state index is 9.18. The number of nitrogens with zero attached hydrogens (tertiary/aromatic N) is 1. The summed E-state index contributed by atoms with van der Waals surface area (Å²) in [6.07, 6.45) is 1.57. The normalized spacial score (nSPS) is 23.6. The molecule has 0 unspecified atom stereocenters. The molecule has 86 valence electrons. The number of hydrogen-bond acceptors (Lipinski definition) is 4. The molecular weight excluding hydrogens is 244 g/mol. The highest BCUT2D eigenvalue weighted by Crippen LogP contribution is 2.29. The van der Waals surface area contributed by atoms with Gasteiger partial charge >= 0.3 is 0 Å². The first-order chi connectivity index (χ1) is 7.31. The second-order valence-corrected chi connectivity index (χ2v) is 4.98. The van der Waals surface area contributed by atoms with Crippen molar-refractivity contribution in [2.75, 3.05) is 5.32 Å². The molecule has 0 amide bonds. The Morgan fingerprint density at radius 1 is 1.31 bits per heavy atom. The van der Waals surface area contributed by atoms with Crippen molar-refractivity contribution in [2.24, 2.45) is 0 Å². The summed E-state index contributed by atoms with van der Waals surface area (Å²) in [4.78, 5) is 4.49. The zero-order valence-corrected chi connectivity index (χ0v) is 10.2. The van der Waals surface area contributed by atoms with Crippen LogP contribution in [0.5, 0.6) is 0 Å². The first-order valence-corrected chi connectivity index (χ1v) is 5.93. The van der Waals surface area contributed by atoms with Gasteiger partial charge in [-0.05, 0) is 25.0 Å². The summed E-state index contributed by atoms with van der Waals surface area (Å²) in [5.41, 5.74) is 1.05. The third kappa shape index (κ3) is 2.14. The van der Waals surface area contributed by atoms with Crippen LogP contribution in [0.15, 0.2) is 24.3 Å². The van der Waals surface area contributed by atoms with Crippen LogP contribution in [0.25, 0.3) is 10.2 Å². The molecule has 1 aromatic carbocycles. The topological polar surface area (TPSA) is 45.1 Å². The van der Waals surface area contributed by atoms with Gasteiger partial charge in [-0.3, -0.25) is 0 Å². The van der Waals surface area contributed by atoms with Crippen molar-refractivity contribution in [3.8, 4) is 0 Å². The third-order valence-corrected chi connectivity index (χ3v) is 3.70. The summed E-state index contributed by atoms with van der Waals surface area (Å²) in [6.45, 7) is 0. The quantitative estimate of drug-likeness (QED) is 0.868. The van der Waals surface area contributed by atoms with Gasteiger partial charge in [-0.15, -0.1) is 12.4 Å². The van der Waals surface area contributed by atoms with Crippen molar-refractivity contribution in [1.82, 2.24) is 4.98 Å². The average molecular weight is 257 g/mol. The lowest BCUT2D eigenvalue weighted by atomic mass is 9.90. The second kappa shape index (κ2) is 4.57. The average Bonchev–Trinajstić information content (AvgIpc) is 2.57. The number of aliphatic hydroxyl groups is 1. The predicted molar refractivity (Wildman–Crippen MR) is 69.5 cm³/mol. The molecule has 2 aromatic rings. The summed E-state index contributed by atoms with van der Waals surface area (Å²) in [7, 11) is 0. The van der Waals surface area contributed by atoms with Crippen molar-refractivity contribution in [3.05, 3.63) is 24.3 Å². The highest BCUT2D eigenvalue weighted by molar-refractivity contribution is 7.22. The van der Waals surface area contributed by atoms with E-state index in [4.69, 9.17) is 0 Å². The van der Waals surface area contributed by atoms with Gasteiger partial charge in [-0.25, -0.2) is 4.98 Å². The third-order valence-electron chi connectivity index (χ3n) is 2.73. The van der Waals surface area contributed by atoms with Gasteiger partial charge in [-0.2, -0.15) is 0 Å². The van der Waals surface area contributed by atoms with E-state index in [2.05, 4.69) is 16.4 Å². The minimum atomic E-state index is -0.114. The van der Waals surface area contributed by atoms with Gasteiger partial charge in [0.25, 0.3) is 0 Å². The first kappa shape index (κ1) is 11.6. The molecular formula is C11H13ClN2OS. The van der Waals surface area contributed by atoms with Crippen LogP contribution in [0.4, 0.5) is 5.13 Å². The van der Waals surface area contributed by atoms with E-state index in [9.17, 15) is 5.11 Å². The standard InChI is InChI=1S/C11H12N2OS.ClH/c14-8-5-7(6-8)12-11-13-9-3-1-2-4-10(9)15-11;/h1-4,7-8,14H,5-6H2,(H,12,13);1H. The second-order valence-electron chi connectivity index (χ2n) is 3.95. The fourth-order valence-corrected chi connectivity index (χ4v) is 2.76. The molecule has 0 saturated heterocycles. The molecule has 0 radical (unpaired) electrons. The van der Waals surface area contributed by atoms with E-state index >= 15 is 0 Å². The maximum Gasteiger partial charge on any atom is 0.184 e. The summed E-state index contributed by atoms with van der Waals surface area (Å²) in [5.74, 6) is 0. The monoisotopic (exact) mass is 256 g/mol. The number of aromatic nitrogens is 1. The number of para-hydroxylation sites is 1.